The van der Waals surface area contributed by atoms with Crippen molar-refractivity contribution in [2.24, 2.45) is 0 Å². The van der Waals surface area contributed by atoms with Gasteiger partial charge in [-0.2, -0.15) is 10.4 Å². The van der Waals surface area contributed by atoms with Crippen LogP contribution in [0.1, 0.15) is 30.9 Å². The number of benzene rings is 1. The number of anilines is 1. The first-order chi connectivity index (χ1) is 22.8. The predicted octanol–water partition coefficient (Wildman–Crippen LogP) is 3.64. The van der Waals surface area contributed by atoms with Crippen LogP contribution in [0.4, 0.5) is 5.82 Å². The number of piperidine rings is 1. The van der Waals surface area contributed by atoms with E-state index in [9.17, 15) is 13.7 Å². The molecule has 0 aliphatic carbocycles. The van der Waals surface area contributed by atoms with Gasteiger partial charge in [0.25, 0.3) is 0 Å². The maximum Gasteiger partial charge on any atom is 0.241 e. The minimum absolute atomic E-state index is 0.246. The molecule has 2 fully saturated rings. The number of nitrogens with zero attached hydrogens (tertiary/aromatic N) is 6. The van der Waals surface area contributed by atoms with Crippen LogP contribution in [0.3, 0.4) is 0 Å². The summed E-state index contributed by atoms with van der Waals surface area (Å²) in [5.74, 6) is 1.45. The average Bonchev–Trinajstić information content (AvgIpc) is 3.51. The van der Waals surface area contributed by atoms with Crippen LogP contribution in [-0.2, 0) is 19.5 Å². The highest BCUT2D eigenvalue weighted by atomic mass is 32.2. The predicted molar refractivity (Wildman–Crippen MR) is 178 cm³/mol. The van der Waals surface area contributed by atoms with Gasteiger partial charge in [-0.25, -0.2) is 22.6 Å². The molecule has 0 unspecified atom stereocenters. The smallest absolute Gasteiger partial charge is 0.241 e. The lowest BCUT2D eigenvalue weighted by atomic mass is 9.89. The zero-order chi connectivity index (χ0) is 32.9. The van der Waals surface area contributed by atoms with Gasteiger partial charge in [-0.05, 0) is 57.0 Å². The molecule has 2 saturated heterocycles. The number of aryl methyl sites for hydroxylation is 1. The fourth-order valence-electron chi connectivity index (χ4n) is 6.16. The Morgan fingerprint density at radius 2 is 1.83 bits per heavy atom. The summed E-state index contributed by atoms with van der Waals surface area (Å²) in [5, 5.41) is 14.0. The third-order valence-corrected chi connectivity index (χ3v) is 10.4. The third-order valence-electron chi connectivity index (χ3n) is 8.84. The van der Waals surface area contributed by atoms with Crippen LogP contribution in [0.25, 0.3) is 16.6 Å². The number of sulfonamides is 1. The fourth-order valence-corrected chi connectivity index (χ4v) is 7.61. The van der Waals surface area contributed by atoms with Crippen molar-refractivity contribution in [3.63, 3.8) is 0 Å². The molecule has 3 aromatic heterocycles. The van der Waals surface area contributed by atoms with E-state index in [1.165, 1.54) is 0 Å². The number of pyridine rings is 2. The van der Waals surface area contributed by atoms with Gasteiger partial charge in [0.1, 0.15) is 17.6 Å². The van der Waals surface area contributed by atoms with Gasteiger partial charge in [0.15, 0.2) is 0 Å². The van der Waals surface area contributed by atoms with Crippen LogP contribution in [0.5, 0.6) is 5.75 Å². The van der Waals surface area contributed by atoms with Crippen molar-refractivity contribution in [3.8, 4) is 22.9 Å². The largest absolute Gasteiger partial charge is 0.492 e. The zero-order valence-corrected chi connectivity index (χ0v) is 27.7. The molecule has 5 heterocycles. The first-order valence-corrected chi connectivity index (χ1v) is 17.5. The number of ether oxygens (including phenoxy) is 3. The van der Waals surface area contributed by atoms with Crippen LogP contribution < -0.4 is 14.4 Å². The highest BCUT2D eigenvalue weighted by Crippen LogP contribution is 2.33. The summed E-state index contributed by atoms with van der Waals surface area (Å²) in [5.41, 5.74) is 3.05. The third kappa shape index (κ3) is 7.58. The second-order valence-electron chi connectivity index (χ2n) is 12.1. The molecule has 2 aliphatic rings. The summed E-state index contributed by atoms with van der Waals surface area (Å²) in [6.07, 6.45) is 6.22. The van der Waals surface area contributed by atoms with Crippen LogP contribution in [-0.4, -0.2) is 99.2 Å². The molecule has 1 aromatic carbocycles. The quantitative estimate of drug-likeness (QED) is 0.225. The minimum Gasteiger partial charge on any atom is -0.492 e. The van der Waals surface area contributed by atoms with Crippen molar-refractivity contribution in [1.82, 2.24) is 24.2 Å². The normalized spacial score (nSPS) is 17.1. The number of rotatable bonds is 12. The van der Waals surface area contributed by atoms with E-state index < -0.39 is 15.6 Å². The van der Waals surface area contributed by atoms with Crippen LogP contribution in [0.2, 0.25) is 0 Å². The van der Waals surface area contributed by atoms with Gasteiger partial charge in [0, 0.05) is 50.0 Å². The standard InChI is InChI=1S/C34H41N7O5S/c1-3-46-29-20-31(33-28(21-35)23-37-41(33)24-29)27-6-9-32(36-22-27)40-12-10-34(11-13-40,25-45-19-16-39-14-17-44-18-15-39)38-47(42,43)30-7-4-26(2)5-8-30/h4-9,20,22-24,38H,3,10-19,25H2,1-2H3. The molecule has 0 saturated carbocycles. The van der Waals surface area contributed by atoms with Gasteiger partial charge < -0.3 is 19.1 Å². The molecule has 12 nitrogen and oxygen atoms in total. The lowest BCUT2D eigenvalue weighted by Crippen LogP contribution is -2.58. The van der Waals surface area contributed by atoms with E-state index in [0.29, 0.717) is 56.0 Å². The molecular formula is C34H41N7O5S. The summed E-state index contributed by atoms with van der Waals surface area (Å²) >= 11 is 0. The fraction of sp³-hybridized carbons (Fsp3) is 0.441. The zero-order valence-electron chi connectivity index (χ0n) is 26.9. The molecule has 1 N–H and O–H groups in total. The van der Waals surface area contributed by atoms with E-state index in [1.807, 2.05) is 44.2 Å². The lowest BCUT2D eigenvalue weighted by Gasteiger charge is -2.42. The maximum atomic E-state index is 13.6. The Morgan fingerprint density at radius 1 is 1.06 bits per heavy atom. The molecule has 0 radical (unpaired) electrons. The van der Waals surface area contributed by atoms with Crippen molar-refractivity contribution in [3.05, 3.63) is 72.2 Å². The maximum absolute atomic E-state index is 13.6. The van der Waals surface area contributed by atoms with E-state index in [2.05, 4.69) is 25.7 Å². The van der Waals surface area contributed by atoms with Crippen molar-refractivity contribution in [2.45, 2.75) is 37.1 Å². The first-order valence-electron chi connectivity index (χ1n) is 16.0. The molecule has 13 heteroatoms. The molecule has 0 atom stereocenters. The molecule has 0 spiro atoms. The first kappa shape index (κ1) is 32.9. The Balaban J connectivity index is 1.18. The highest BCUT2D eigenvalue weighted by Gasteiger charge is 2.39. The molecule has 0 amide bonds. The lowest BCUT2D eigenvalue weighted by molar-refractivity contribution is 0.00942. The Labute approximate surface area is 275 Å². The number of hydrogen-bond acceptors (Lipinski definition) is 10. The Hall–Kier alpha value is -4.06. The van der Waals surface area contributed by atoms with E-state index in [0.717, 1.165) is 55.4 Å². The number of aromatic nitrogens is 3. The molecule has 248 valence electrons. The second kappa shape index (κ2) is 14.4. The Morgan fingerprint density at radius 3 is 2.51 bits per heavy atom. The van der Waals surface area contributed by atoms with Crippen LogP contribution in [0.15, 0.2) is 66.0 Å². The molecule has 6 rings (SSSR count). The summed E-state index contributed by atoms with van der Waals surface area (Å²) in [6.45, 7) is 10.3. The summed E-state index contributed by atoms with van der Waals surface area (Å²) in [6, 6.07) is 15.0. The van der Waals surface area contributed by atoms with Crippen LogP contribution >= 0.6 is 0 Å². The van der Waals surface area contributed by atoms with E-state index in [1.54, 1.807) is 35.2 Å². The van der Waals surface area contributed by atoms with Crippen molar-refractivity contribution < 1.29 is 22.6 Å². The van der Waals surface area contributed by atoms with E-state index in [-0.39, 0.29) is 11.5 Å². The SMILES string of the molecule is CCOc1cc(-c2ccc(N3CCC(COCCN4CCOCC4)(NS(=O)(=O)c4ccc(C)cc4)CC3)nc2)c2c(C#N)cnn2c1. The monoisotopic (exact) mass is 659 g/mol. The number of nitriles is 1. The number of fused-ring (bicyclic) bond motifs is 1. The van der Waals surface area contributed by atoms with Gasteiger partial charge in [-0.3, -0.25) is 4.90 Å². The Kier molecular flexibility index (Phi) is 10.0. The average molecular weight is 660 g/mol. The van der Waals surface area contributed by atoms with E-state index >= 15 is 0 Å². The Bertz CT molecular complexity index is 1810. The molecule has 2 aliphatic heterocycles. The second-order valence-corrected chi connectivity index (χ2v) is 13.8. The number of morpholine rings is 1. The van der Waals surface area contributed by atoms with Gasteiger partial charge >= 0.3 is 0 Å². The van der Waals surface area contributed by atoms with Crippen molar-refractivity contribution >= 4 is 21.4 Å². The van der Waals surface area contributed by atoms with Gasteiger partial charge in [0.2, 0.25) is 10.0 Å². The molecule has 4 aromatic rings. The summed E-state index contributed by atoms with van der Waals surface area (Å²) in [4.78, 5) is 9.51. The number of hydrogen-bond donors (Lipinski definition) is 1. The summed E-state index contributed by atoms with van der Waals surface area (Å²) < 4.78 is 49.2. The van der Waals surface area contributed by atoms with Gasteiger partial charge in [-0.15, -0.1) is 0 Å². The van der Waals surface area contributed by atoms with Gasteiger partial charge in [0.05, 0.1) is 66.9 Å². The molecule has 47 heavy (non-hydrogen) atoms. The molecule has 0 bridgehead atoms. The minimum atomic E-state index is -3.77. The summed E-state index contributed by atoms with van der Waals surface area (Å²) in [7, 11) is -3.77. The number of nitrogens with one attached hydrogen (secondary N) is 1. The highest BCUT2D eigenvalue weighted by molar-refractivity contribution is 7.89. The van der Waals surface area contributed by atoms with Crippen molar-refractivity contribution in [2.75, 3.05) is 70.7 Å². The van der Waals surface area contributed by atoms with Gasteiger partial charge in [-0.1, -0.05) is 17.7 Å². The van der Waals surface area contributed by atoms with Crippen molar-refractivity contribution in [1.29, 1.82) is 5.26 Å². The van der Waals surface area contributed by atoms with E-state index in [4.69, 9.17) is 19.2 Å². The molecular weight excluding hydrogens is 618 g/mol. The van der Waals surface area contributed by atoms with Crippen LogP contribution in [0, 0.1) is 18.3 Å². The topological polar surface area (TPSA) is 134 Å².